The van der Waals surface area contributed by atoms with E-state index in [4.69, 9.17) is 0 Å². The maximum Gasteiger partial charge on any atom is 0.276 e. The zero-order valence-corrected chi connectivity index (χ0v) is 12.4. The number of nitro groups is 1. The topological polar surface area (TPSA) is 140 Å². The number of aryl methyl sites for hydroxylation is 1. The molecule has 10 nitrogen and oxygen atoms in total. The van der Waals surface area contributed by atoms with Gasteiger partial charge in [0, 0.05) is 17.7 Å². The summed E-state index contributed by atoms with van der Waals surface area (Å²) >= 11 is 0. The van der Waals surface area contributed by atoms with Gasteiger partial charge in [-0.2, -0.15) is 0 Å². The number of benzene rings is 1. The van der Waals surface area contributed by atoms with Gasteiger partial charge in [-0.1, -0.05) is 17.2 Å². The Labute approximate surface area is 135 Å². The van der Waals surface area contributed by atoms with Crippen LogP contribution in [-0.4, -0.2) is 36.4 Å². The molecule has 0 fully saturated rings. The summed E-state index contributed by atoms with van der Waals surface area (Å²) in [5, 5.41) is 26.1. The van der Waals surface area contributed by atoms with Crippen molar-refractivity contribution in [2.24, 2.45) is 0 Å². The fourth-order valence-corrected chi connectivity index (χ4v) is 2.09. The van der Waals surface area contributed by atoms with E-state index >= 15 is 0 Å². The van der Waals surface area contributed by atoms with Crippen LogP contribution in [0.3, 0.4) is 0 Å². The number of anilines is 1. The highest BCUT2D eigenvalue weighted by atomic mass is 16.6. The van der Waals surface area contributed by atoms with E-state index in [1.54, 1.807) is 31.2 Å². The average molecular weight is 325 g/mol. The fourth-order valence-electron chi connectivity index (χ4n) is 2.09. The van der Waals surface area contributed by atoms with Gasteiger partial charge < -0.3 is 0 Å². The van der Waals surface area contributed by atoms with Gasteiger partial charge in [0.05, 0.1) is 10.6 Å². The quantitative estimate of drug-likeness (QED) is 0.550. The minimum Gasteiger partial charge on any atom is -0.288 e. The van der Waals surface area contributed by atoms with E-state index in [1.807, 2.05) is 0 Å². The van der Waals surface area contributed by atoms with Gasteiger partial charge in [-0.15, -0.1) is 0 Å². The molecule has 0 radical (unpaired) electrons. The third-order valence-corrected chi connectivity index (χ3v) is 3.13. The Balaban J connectivity index is 1.95. The molecule has 24 heavy (non-hydrogen) atoms. The third-order valence-electron chi connectivity index (χ3n) is 3.13. The van der Waals surface area contributed by atoms with Crippen LogP contribution in [0.5, 0.6) is 0 Å². The van der Waals surface area contributed by atoms with E-state index in [2.05, 4.69) is 30.9 Å². The van der Waals surface area contributed by atoms with E-state index in [1.165, 1.54) is 12.1 Å². The van der Waals surface area contributed by atoms with Gasteiger partial charge in [0.2, 0.25) is 5.95 Å². The molecule has 0 aliphatic heterocycles. The molecule has 0 spiro atoms. The summed E-state index contributed by atoms with van der Waals surface area (Å²) in [6.45, 7) is 1.80. The SMILES string of the molecule is Cc1cc(C(=O)Nc2nnn[nH]2)nc(-c2cccc([N+](=O)[O-])c2)c1. The lowest BCUT2D eigenvalue weighted by atomic mass is 10.1. The Kier molecular flexibility index (Phi) is 3.93. The molecule has 2 heterocycles. The lowest BCUT2D eigenvalue weighted by Gasteiger charge is -2.06. The number of pyridine rings is 1. The minimum atomic E-state index is -0.496. The van der Waals surface area contributed by atoms with Gasteiger partial charge in [0.25, 0.3) is 11.6 Å². The largest absolute Gasteiger partial charge is 0.288 e. The number of nitrogens with one attached hydrogen (secondary N) is 2. The normalized spacial score (nSPS) is 10.4. The van der Waals surface area contributed by atoms with Crippen LogP contribution in [-0.2, 0) is 0 Å². The van der Waals surface area contributed by atoms with E-state index in [-0.39, 0.29) is 17.3 Å². The molecule has 3 rings (SSSR count). The summed E-state index contributed by atoms with van der Waals surface area (Å²) in [6, 6.07) is 9.40. The molecule has 0 saturated carbocycles. The predicted octanol–water partition coefficient (Wildman–Crippen LogP) is 1.73. The summed E-state index contributed by atoms with van der Waals surface area (Å²) in [4.78, 5) is 26.9. The average Bonchev–Trinajstić information content (AvgIpc) is 3.07. The van der Waals surface area contributed by atoms with E-state index in [9.17, 15) is 14.9 Å². The van der Waals surface area contributed by atoms with Crippen LogP contribution < -0.4 is 5.32 Å². The highest BCUT2D eigenvalue weighted by molar-refractivity contribution is 6.02. The molecule has 10 heteroatoms. The maximum atomic E-state index is 12.2. The Bertz CT molecular complexity index is 908. The number of rotatable bonds is 4. The fraction of sp³-hybridized carbons (Fsp3) is 0.0714. The van der Waals surface area contributed by atoms with Gasteiger partial charge in [0.15, 0.2) is 0 Å². The summed E-state index contributed by atoms with van der Waals surface area (Å²) in [5.74, 6) is -0.399. The number of aromatic amines is 1. The Morgan fingerprint density at radius 3 is 2.83 bits per heavy atom. The molecule has 0 unspecified atom stereocenters. The first-order valence-electron chi connectivity index (χ1n) is 6.81. The number of nitro benzene ring substituents is 1. The van der Waals surface area contributed by atoms with Gasteiger partial charge in [-0.05, 0) is 35.0 Å². The first-order chi connectivity index (χ1) is 11.5. The summed E-state index contributed by atoms with van der Waals surface area (Å²) in [6.07, 6.45) is 0. The molecular weight excluding hydrogens is 314 g/mol. The maximum absolute atomic E-state index is 12.2. The second-order valence-electron chi connectivity index (χ2n) is 4.93. The summed E-state index contributed by atoms with van der Waals surface area (Å²) < 4.78 is 0. The van der Waals surface area contributed by atoms with Crippen molar-refractivity contribution < 1.29 is 9.72 Å². The number of amides is 1. The molecule has 0 bridgehead atoms. The Morgan fingerprint density at radius 2 is 2.12 bits per heavy atom. The van der Waals surface area contributed by atoms with Crippen LogP contribution in [0.15, 0.2) is 36.4 Å². The van der Waals surface area contributed by atoms with E-state index in [0.29, 0.717) is 11.3 Å². The molecule has 0 saturated heterocycles. The second-order valence-corrected chi connectivity index (χ2v) is 4.93. The van der Waals surface area contributed by atoms with Crippen molar-refractivity contribution in [2.45, 2.75) is 6.92 Å². The molecule has 3 aromatic rings. The van der Waals surface area contributed by atoms with Gasteiger partial charge in [0.1, 0.15) is 5.69 Å². The summed E-state index contributed by atoms with van der Waals surface area (Å²) in [7, 11) is 0. The Morgan fingerprint density at radius 1 is 1.29 bits per heavy atom. The first-order valence-corrected chi connectivity index (χ1v) is 6.81. The highest BCUT2D eigenvalue weighted by Crippen LogP contribution is 2.23. The smallest absolute Gasteiger partial charge is 0.276 e. The number of H-pyrrole nitrogens is 1. The van der Waals surface area contributed by atoms with Gasteiger partial charge >= 0.3 is 0 Å². The van der Waals surface area contributed by atoms with Crippen LogP contribution in [0, 0.1) is 17.0 Å². The molecule has 0 aliphatic carbocycles. The molecule has 1 aromatic carbocycles. The van der Waals surface area contributed by atoms with Crippen molar-refractivity contribution in [2.75, 3.05) is 5.32 Å². The molecule has 120 valence electrons. The zero-order valence-electron chi connectivity index (χ0n) is 12.4. The molecule has 2 N–H and O–H groups in total. The standard InChI is InChI=1S/C14H11N7O3/c1-8-5-11(9-3-2-4-10(7-9)21(23)24)15-12(6-8)13(22)16-14-17-19-20-18-14/h2-7H,1H3,(H2,16,17,18,19,20,22). The van der Waals surface area contributed by atoms with Crippen molar-refractivity contribution in [3.63, 3.8) is 0 Å². The summed E-state index contributed by atoms with van der Waals surface area (Å²) in [5.41, 5.74) is 1.89. The molecule has 1 amide bonds. The highest BCUT2D eigenvalue weighted by Gasteiger charge is 2.14. The van der Waals surface area contributed by atoms with Crippen molar-refractivity contribution in [1.82, 2.24) is 25.6 Å². The van der Waals surface area contributed by atoms with Crippen LogP contribution in [0.4, 0.5) is 11.6 Å². The van der Waals surface area contributed by atoms with Gasteiger partial charge in [-0.25, -0.2) is 10.1 Å². The number of nitrogens with zero attached hydrogens (tertiary/aromatic N) is 5. The number of aromatic nitrogens is 5. The van der Waals surface area contributed by atoms with Crippen molar-refractivity contribution in [3.05, 3.63) is 57.8 Å². The monoisotopic (exact) mass is 325 g/mol. The van der Waals surface area contributed by atoms with Crippen LogP contribution in [0.2, 0.25) is 0 Å². The van der Waals surface area contributed by atoms with Gasteiger partial charge in [-0.3, -0.25) is 20.2 Å². The van der Waals surface area contributed by atoms with E-state index in [0.717, 1.165) is 5.56 Å². The lowest BCUT2D eigenvalue weighted by molar-refractivity contribution is -0.384. The van der Waals surface area contributed by atoms with E-state index < -0.39 is 10.8 Å². The predicted molar refractivity (Wildman–Crippen MR) is 83.2 cm³/mol. The van der Waals surface area contributed by atoms with Crippen LogP contribution in [0.1, 0.15) is 16.1 Å². The van der Waals surface area contributed by atoms with Crippen molar-refractivity contribution in [1.29, 1.82) is 0 Å². The number of tetrazole rings is 1. The minimum absolute atomic E-state index is 0.0467. The second kappa shape index (κ2) is 6.20. The Hall–Kier alpha value is -3.69. The van der Waals surface area contributed by atoms with Crippen molar-refractivity contribution in [3.8, 4) is 11.3 Å². The molecule has 2 aromatic heterocycles. The zero-order chi connectivity index (χ0) is 17.1. The van der Waals surface area contributed by atoms with Crippen LogP contribution >= 0.6 is 0 Å². The number of carbonyl (C=O) groups is 1. The molecule has 0 aliphatic rings. The molecule has 0 atom stereocenters. The molecular formula is C14H11N7O3. The number of non-ortho nitro benzene ring substituents is 1. The number of carbonyl (C=O) groups excluding carboxylic acids is 1. The first kappa shape index (κ1) is 15.2. The number of hydrogen-bond acceptors (Lipinski definition) is 7. The van der Waals surface area contributed by atoms with Crippen LogP contribution in [0.25, 0.3) is 11.3 Å². The van der Waals surface area contributed by atoms with Crippen molar-refractivity contribution >= 4 is 17.5 Å². The third kappa shape index (κ3) is 3.21. The number of hydrogen-bond donors (Lipinski definition) is 2. The lowest BCUT2D eigenvalue weighted by Crippen LogP contribution is -2.15.